The number of nitrogens with zero attached hydrogens (tertiary/aromatic N) is 2. The number of aromatic hydroxyl groups is 1. The third kappa shape index (κ3) is 2.59. The molecule has 2 rings (SSSR count). The van der Waals surface area contributed by atoms with Crippen LogP contribution in [-0.2, 0) is 4.74 Å². The second-order valence-corrected chi connectivity index (χ2v) is 4.14. The molecule has 100 valence electrons. The van der Waals surface area contributed by atoms with Gasteiger partial charge in [-0.05, 0) is 19.9 Å². The summed E-state index contributed by atoms with van der Waals surface area (Å²) in [6, 6.07) is 6.82. The number of aromatic nitrogens is 2. The molecule has 0 amide bonds. The summed E-state index contributed by atoms with van der Waals surface area (Å²) in [5.74, 6) is -0.222. The molecule has 2 aromatic rings. The number of phenolic OH excluding ortho intramolecular Hbond substituents is 1. The van der Waals surface area contributed by atoms with E-state index in [2.05, 4.69) is 4.98 Å². The van der Waals surface area contributed by atoms with E-state index < -0.39 is 5.97 Å². The molecule has 1 aromatic heterocycles. The van der Waals surface area contributed by atoms with Gasteiger partial charge in [-0.1, -0.05) is 18.2 Å². The summed E-state index contributed by atoms with van der Waals surface area (Å²) in [5, 5.41) is 9.86. The summed E-state index contributed by atoms with van der Waals surface area (Å²) in [4.78, 5) is 15.8. The highest BCUT2D eigenvalue weighted by Gasteiger charge is 2.19. The fraction of sp³-hybridized carbons (Fsp3) is 0.286. The van der Waals surface area contributed by atoms with Gasteiger partial charge in [0.2, 0.25) is 0 Å². The Morgan fingerprint density at radius 3 is 2.89 bits per heavy atom. The molecule has 0 saturated heterocycles. The van der Waals surface area contributed by atoms with Gasteiger partial charge < -0.3 is 14.4 Å². The first kappa shape index (κ1) is 13.1. The molecule has 19 heavy (non-hydrogen) atoms. The van der Waals surface area contributed by atoms with Crippen LogP contribution in [0.25, 0.3) is 0 Å². The van der Waals surface area contributed by atoms with Crippen molar-refractivity contribution in [2.45, 2.75) is 19.9 Å². The number of carbonyl (C=O) groups excluding carboxylic acids is 1. The number of phenols is 1. The fourth-order valence-electron chi connectivity index (χ4n) is 1.97. The summed E-state index contributed by atoms with van der Waals surface area (Å²) in [6.45, 7) is 3.96. The lowest BCUT2D eigenvalue weighted by Crippen LogP contribution is -2.15. The normalized spacial score (nSPS) is 12.1. The third-order valence-electron chi connectivity index (χ3n) is 2.95. The molecular weight excluding hydrogens is 244 g/mol. The molecule has 1 atom stereocenters. The van der Waals surface area contributed by atoms with Gasteiger partial charge in [-0.25, -0.2) is 9.78 Å². The van der Waals surface area contributed by atoms with E-state index in [9.17, 15) is 9.90 Å². The van der Waals surface area contributed by atoms with Crippen LogP contribution in [0.15, 0.2) is 36.8 Å². The molecule has 5 heteroatoms. The molecule has 1 N–H and O–H groups in total. The Balaban J connectivity index is 2.35. The van der Waals surface area contributed by atoms with E-state index >= 15 is 0 Å². The molecule has 0 aliphatic rings. The highest BCUT2D eigenvalue weighted by Crippen LogP contribution is 2.27. The highest BCUT2D eigenvalue weighted by molar-refractivity contribution is 5.87. The third-order valence-corrected chi connectivity index (χ3v) is 2.95. The van der Waals surface area contributed by atoms with Crippen molar-refractivity contribution in [1.29, 1.82) is 0 Å². The second-order valence-electron chi connectivity index (χ2n) is 4.14. The first-order valence-corrected chi connectivity index (χ1v) is 6.12. The van der Waals surface area contributed by atoms with E-state index in [1.54, 1.807) is 30.0 Å². The summed E-state index contributed by atoms with van der Waals surface area (Å²) in [7, 11) is 0. The van der Waals surface area contributed by atoms with E-state index in [0.29, 0.717) is 12.3 Å². The maximum Gasteiger partial charge on any atom is 0.356 e. The van der Waals surface area contributed by atoms with E-state index in [4.69, 9.17) is 4.74 Å². The molecule has 0 radical (unpaired) electrons. The van der Waals surface area contributed by atoms with Gasteiger partial charge in [-0.2, -0.15) is 0 Å². The van der Waals surface area contributed by atoms with E-state index in [1.807, 2.05) is 19.1 Å². The predicted octanol–water partition coefficient (Wildman–Crippen LogP) is 2.37. The van der Waals surface area contributed by atoms with Gasteiger partial charge in [0, 0.05) is 5.56 Å². The van der Waals surface area contributed by atoms with Crippen LogP contribution in [0.2, 0.25) is 0 Å². The molecule has 5 nitrogen and oxygen atoms in total. The summed E-state index contributed by atoms with van der Waals surface area (Å²) >= 11 is 0. The van der Waals surface area contributed by atoms with Crippen molar-refractivity contribution in [2.24, 2.45) is 0 Å². The minimum atomic E-state index is -0.415. The van der Waals surface area contributed by atoms with Crippen LogP contribution >= 0.6 is 0 Å². The van der Waals surface area contributed by atoms with Crippen LogP contribution in [0.5, 0.6) is 5.75 Å². The first-order chi connectivity index (χ1) is 9.15. The molecule has 0 spiro atoms. The number of imidazole rings is 1. The standard InChI is InChI=1S/C14H16N2O3/c1-3-19-14(18)12-8-15-9-16(12)10(2)11-6-4-5-7-13(11)17/h4-10,17H,3H2,1-2H3/t10-/m1/s1. The highest BCUT2D eigenvalue weighted by atomic mass is 16.5. The lowest BCUT2D eigenvalue weighted by atomic mass is 10.1. The van der Waals surface area contributed by atoms with Crippen LogP contribution in [-0.4, -0.2) is 27.2 Å². The quantitative estimate of drug-likeness (QED) is 0.857. The lowest BCUT2D eigenvalue weighted by molar-refractivity contribution is 0.0512. The van der Waals surface area contributed by atoms with Crippen molar-refractivity contribution in [3.8, 4) is 5.75 Å². The van der Waals surface area contributed by atoms with Crippen LogP contribution < -0.4 is 0 Å². The Hall–Kier alpha value is -2.30. The molecule has 0 fully saturated rings. The van der Waals surface area contributed by atoms with Crippen molar-refractivity contribution >= 4 is 5.97 Å². The summed E-state index contributed by atoms with van der Waals surface area (Å²) < 4.78 is 6.67. The Morgan fingerprint density at radius 1 is 1.47 bits per heavy atom. The van der Waals surface area contributed by atoms with Crippen molar-refractivity contribution in [2.75, 3.05) is 6.61 Å². The molecule has 1 aromatic carbocycles. The monoisotopic (exact) mass is 260 g/mol. The molecule has 1 heterocycles. The molecule has 0 aliphatic heterocycles. The average Bonchev–Trinajstić information content (AvgIpc) is 2.88. The average molecular weight is 260 g/mol. The number of ether oxygens (including phenoxy) is 1. The van der Waals surface area contributed by atoms with E-state index in [1.165, 1.54) is 6.20 Å². The molecular formula is C14H16N2O3. The topological polar surface area (TPSA) is 64.3 Å². The number of esters is 1. The number of hydrogen-bond acceptors (Lipinski definition) is 4. The number of rotatable bonds is 4. The maximum atomic E-state index is 11.8. The zero-order valence-electron chi connectivity index (χ0n) is 10.9. The van der Waals surface area contributed by atoms with Crippen molar-refractivity contribution in [1.82, 2.24) is 9.55 Å². The Kier molecular flexibility index (Phi) is 3.85. The lowest BCUT2D eigenvalue weighted by Gasteiger charge is -2.17. The Morgan fingerprint density at radius 2 is 2.21 bits per heavy atom. The van der Waals surface area contributed by atoms with Gasteiger partial charge in [-0.15, -0.1) is 0 Å². The molecule has 0 aliphatic carbocycles. The minimum absolute atomic E-state index is 0.193. The molecule has 0 bridgehead atoms. The smallest absolute Gasteiger partial charge is 0.356 e. The Labute approximate surface area is 111 Å². The second kappa shape index (κ2) is 5.56. The Bertz CT molecular complexity index is 578. The SMILES string of the molecule is CCOC(=O)c1cncn1[C@H](C)c1ccccc1O. The van der Waals surface area contributed by atoms with Gasteiger partial charge in [0.15, 0.2) is 0 Å². The van der Waals surface area contributed by atoms with E-state index in [-0.39, 0.29) is 11.8 Å². The maximum absolute atomic E-state index is 11.8. The van der Waals surface area contributed by atoms with Crippen LogP contribution in [0.3, 0.4) is 0 Å². The number of para-hydroxylation sites is 1. The number of hydrogen-bond donors (Lipinski definition) is 1. The van der Waals surface area contributed by atoms with Gasteiger partial charge >= 0.3 is 5.97 Å². The summed E-state index contributed by atoms with van der Waals surface area (Å²) in [6.07, 6.45) is 3.03. The van der Waals surface area contributed by atoms with Crippen LogP contribution in [0.4, 0.5) is 0 Å². The van der Waals surface area contributed by atoms with Crippen LogP contribution in [0.1, 0.15) is 35.9 Å². The van der Waals surface area contributed by atoms with Gasteiger partial charge in [0.05, 0.1) is 25.2 Å². The van der Waals surface area contributed by atoms with Crippen molar-refractivity contribution in [3.05, 3.63) is 48.0 Å². The van der Waals surface area contributed by atoms with Gasteiger partial charge in [0.1, 0.15) is 11.4 Å². The van der Waals surface area contributed by atoms with E-state index in [0.717, 1.165) is 5.56 Å². The van der Waals surface area contributed by atoms with Gasteiger partial charge in [-0.3, -0.25) is 0 Å². The number of carbonyl (C=O) groups is 1. The zero-order chi connectivity index (χ0) is 13.8. The van der Waals surface area contributed by atoms with Crippen molar-refractivity contribution in [3.63, 3.8) is 0 Å². The number of benzene rings is 1. The molecule has 0 unspecified atom stereocenters. The minimum Gasteiger partial charge on any atom is -0.508 e. The summed E-state index contributed by atoms with van der Waals surface area (Å²) in [5.41, 5.74) is 1.10. The fourth-order valence-corrected chi connectivity index (χ4v) is 1.97. The van der Waals surface area contributed by atoms with Crippen molar-refractivity contribution < 1.29 is 14.6 Å². The first-order valence-electron chi connectivity index (χ1n) is 6.12. The molecule has 0 saturated carbocycles. The van der Waals surface area contributed by atoms with Crippen LogP contribution in [0, 0.1) is 0 Å². The predicted molar refractivity (Wildman–Crippen MR) is 70.1 cm³/mol. The zero-order valence-corrected chi connectivity index (χ0v) is 10.9. The van der Waals surface area contributed by atoms with Gasteiger partial charge in [0.25, 0.3) is 0 Å². The largest absolute Gasteiger partial charge is 0.508 e.